The van der Waals surface area contributed by atoms with Crippen LogP contribution < -0.4 is 5.32 Å². The minimum absolute atomic E-state index is 0.264. The van der Waals surface area contributed by atoms with Crippen LogP contribution in [0, 0.1) is 5.92 Å². The lowest BCUT2D eigenvalue weighted by Crippen LogP contribution is -2.40. The third-order valence-corrected chi connectivity index (χ3v) is 6.56. The van der Waals surface area contributed by atoms with Crippen molar-refractivity contribution < 1.29 is 10.0 Å². The molecule has 0 radical (unpaired) electrons. The van der Waals surface area contributed by atoms with Gasteiger partial charge in [0.25, 0.3) is 0 Å². The van der Waals surface area contributed by atoms with E-state index >= 15 is 0 Å². The van der Waals surface area contributed by atoms with Gasteiger partial charge < -0.3 is 10.5 Å². The Hall–Kier alpha value is -3.16. The van der Waals surface area contributed by atoms with Gasteiger partial charge in [0.2, 0.25) is 5.91 Å². The van der Waals surface area contributed by atoms with E-state index in [1.165, 1.54) is 0 Å². The molecule has 6 nitrogen and oxygen atoms in total. The topological polar surface area (TPSA) is 90.4 Å². The summed E-state index contributed by atoms with van der Waals surface area (Å²) >= 11 is 9.98. The van der Waals surface area contributed by atoms with Crippen LogP contribution in [0.25, 0.3) is 10.9 Å². The lowest BCUT2D eigenvalue weighted by Gasteiger charge is -2.34. The maximum atomic E-state index is 13.4. The maximum Gasteiger partial charge on any atom is 0.234 e. The number of aromatic nitrogens is 2. The predicted octanol–water partition coefficient (Wildman–Crippen LogP) is 5.56. The summed E-state index contributed by atoms with van der Waals surface area (Å²) < 4.78 is 0.800. The highest BCUT2D eigenvalue weighted by Gasteiger charge is 2.43. The number of aromatic amines is 1. The van der Waals surface area contributed by atoms with Crippen LogP contribution in [-0.2, 0) is 4.79 Å². The van der Waals surface area contributed by atoms with Crippen LogP contribution in [0.1, 0.15) is 22.6 Å². The second kappa shape index (κ2) is 7.83. The molecule has 2 atom stereocenters. The van der Waals surface area contributed by atoms with Crippen molar-refractivity contribution in [3.05, 3.63) is 93.0 Å². The third-order valence-electron chi connectivity index (χ3n) is 5.61. The van der Waals surface area contributed by atoms with Crippen LogP contribution in [0.5, 0.6) is 0 Å². The summed E-state index contributed by atoms with van der Waals surface area (Å²) in [5.74, 6) is -1.55. The lowest BCUT2D eigenvalue weighted by molar-refractivity contribution is -0.118. The van der Waals surface area contributed by atoms with Crippen molar-refractivity contribution >= 4 is 55.7 Å². The van der Waals surface area contributed by atoms with E-state index in [0.717, 1.165) is 26.5 Å². The zero-order valence-corrected chi connectivity index (χ0v) is 18.4. The number of oxime groups is 1. The number of carbonyl (C=O) groups is 1. The number of anilines is 1. The molecule has 8 heteroatoms. The molecule has 0 fully saturated rings. The largest absolute Gasteiger partial charge is 0.411 e. The van der Waals surface area contributed by atoms with Crippen LogP contribution in [0.4, 0.5) is 5.69 Å². The number of hydrogen-bond donors (Lipinski definition) is 3. The molecule has 1 aliphatic heterocycles. The molecule has 0 aliphatic carbocycles. The van der Waals surface area contributed by atoms with E-state index in [1.54, 1.807) is 12.3 Å². The number of rotatable bonds is 3. The zero-order chi connectivity index (χ0) is 21.5. The van der Waals surface area contributed by atoms with Crippen LogP contribution in [0.2, 0.25) is 5.02 Å². The smallest absolute Gasteiger partial charge is 0.234 e. The summed E-state index contributed by atoms with van der Waals surface area (Å²) in [7, 11) is 0. The van der Waals surface area contributed by atoms with Gasteiger partial charge in [-0.05, 0) is 35.9 Å². The Labute approximate surface area is 191 Å². The second-order valence-electron chi connectivity index (χ2n) is 7.32. The third kappa shape index (κ3) is 3.30. The highest BCUT2D eigenvalue weighted by Crippen LogP contribution is 2.47. The molecule has 3 aromatic carbocycles. The van der Waals surface area contributed by atoms with Crippen molar-refractivity contribution in [3.63, 3.8) is 0 Å². The molecule has 0 saturated carbocycles. The van der Waals surface area contributed by atoms with E-state index in [4.69, 9.17) is 11.6 Å². The number of nitrogens with zero attached hydrogens (tertiary/aromatic N) is 2. The van der Waals surface area contributed by atoms with Gasteiger partial charge in [0.1, 0.15) is 5.71 Å². The molecule has 0 saturated heterocycles. The van der Waals surface area contributed by atoms with E-state index < -0.39 is 11.8 Å². The molecule has 3 N–H and O–H groups in total. The molecule has 0 unspecified atom stereocenters. The van der Waals surface area contributed by atoms with Crippen LogP contribution >= 0.6 is 27.5 Å². The predicted molar refractivity (Wildman–Crippen MR) is 124 cm³/mol. The van der Waals surface area contributed by atoms with Crippen LogP contribution in [0.15, 0.2) is 76.5 Å². The first-order valence-corrected chi connectivity index (χ1v) is 10.7. The van der Waals surface area contributed by atoms with Crippen molar-refractivity contribution in [2.45, 2.75) is 5.92 Å². The number of nitrogens with one attached hydrogen (secondary N) is 2. The van der Waals surface area contributed by atoms with Gasteiger partial charge in [-0.2, -0.15) is 5.10 Å². The highest BCUT2D eigenvalue weighted by atomic mass is 79.9. The molecular weight excluding hydrogens is 480 g/mol. The Morgan fingerprint density at radius 3 is 2.71 bits per heavy atom. The van der Waals surface area contributed by atoms with Crippen molar-refractivity contribution in [1.29, 1.82) is 0 Å². The molecule has 0 spiro atoms. The quantitative estimate of drug-likeness (QED) is 0.197. The highest BCUT2D eigenvalue weighted by molar-refractivity contribution is 9.10. The Bertz CT molecular complexity index is 1340. The van der Waals surface area contributed by atoms with Crippen molar-refractivity contribution in [2.24, 2.45) is 11.1 Å². The van der Waals surface area contributed by atoms with Gasteiger partial charge in [-0.3, -0.25) is 9.89 Å². The van der Waals surface area contributed by atoms with E-state index in [-0.39, 0.29) is 11.6 Å². The van der Waals surface area contributed by atoms with E-state index in [2.05, 4.69) is 36.6 Å². The molecule has 154 valence electrons. The van der Waals surface area contributed by atoms with E-state index in [1.807, 2.05) is 54.6 Å². The van der Waals surface area contributed by atoms with Crippen molar-refractivity contribution in [3.8, 4) is 0 Å². The lowest BCUT2D eigenvalue weighted by atomic mass is 9.73. The first kappa shape index (κ1) is 19.8. The Balaban J connectivity index is 1.82. The zero-order valence-electron chi connectivity index (χ0n) is 16.0. The van der Waals surface area contributed by atoms with Gasteiger partial charge >= 0.3 is 0 Å². The standard InChI is InChI=1S/C23H16BrClN4O2/c24-16-8-7-14(25)10-15(16)18-19-17(9-6-13-11-26-28-21(13)19)27-23(30)20(18)22(29-31)12-4-2-1-3-5-12/h1-11,18,20,31H,(H,26,28)(H,27,30)/b29-22-/t18-,20-/m0/s1. The number of carbonyl (C=O) groups excluding carboxylic acids is 1. The molecule has 31 heavy (non-hydrogen) atoms. The van der Waals surface area contributed by atoms with Crippen molar-refractivity contribution in [1.82, 2.24) is 10.2 Å². The summed E-state index contributed by atoms with van der Waals surface area (Å²) in [6.07, 6.45) is 1.74. The van der Waals surface area contributed by atoms with Crippen LogP contribution in [0.3, 0.4) is 0 Å². The molecular formula is C23H16BrClN4O2. The Morgan fingerprint density at radius 2 is 1.94 bits per heavy atom. The molecule has 5 rings (SSSR count). The molecule has 0 bridgehead atoms. The number of H-pyrrole nitrogens is 1. The average Bonchev–Trinajstić information content (AvgIpc) is 3.26. The number of fused-ring (bicyclic) bond motifs is 3. The van der Waals surface area contributed by atoms with Crippen LogP contribution in [-0.4, -0.2) is 27.0 Å². The molecule has 1 aromatic heterocycles. The normalized spacial score (nSPS) is 18.6. The Morgan fingerprint density at radius 1 is 1.13 bits per heavy atom. The molecule has 4 aromatic rings. The first-order chi connectivity index (χ1) is 15.1. The molecule has 2 heterocycles. The minimum atomic E-state index is -0.802. The van der Waals surface area contributed by atoms with Gasteiger partial charge in [-0.15, -0.1) is 0 Å². The number of amides is 1. The SMILES string of the molecule is O=C1Nc2ccc3cn[nH]c3c2[C@H](c2cc(Cl)ccc2Br)[C@H]1/C(=N\O)c1ccccc1. The maximum absolute atomic E-state index is 13.4. The van der Waals surface area contributed by atoms with E-state index in [0.29, 0.717) is 16.3 Å². The monoisotopic (exact) mass is 494 g/mol. The van der Waals surface area contributed by atoms with Gasteiger partial charge in [0, 0.05) is 37.6 Å². The molecule has 1 aliphatic rings. The fourth-order valence-corrected chi connectivity index (χ4v) is 4.95. The summed E-state index contributed by atoms with van der Waals surface area (Å²) in [6.45, 7) is 0. The van der Waals surface area contributed by atoms with Gasteiger partial charge in [0.05, 0.1) is 17.6 Å². The minimum Gasteiger partial charge on any atom is -0.411 e. The summed E-state index contributed by atoms with van der Waals surface area (Å²) in [5, 5.41) is 25.3. The van der Waals surface area contributed by atoms with Gasteiger partial charge in [-0.25, -0.2) is 0 Å². The molecule has 1 amide bonds. The second-order valence-corrected chi connectivity index (χ2v) is 8.61. The first-order valence-electron chi connectivity index (χ1n) is 9.57. The summed E-state index contributed by atoms with van der Waals surface area (Å²) in [6, 6.07) is 18.4. The van der Waals surface area contributed by atoms with Crippen molar-refractivity contribution in [2.75, 3.05) is 5.32 Å². The fraction of sp³-hybridized carbons (Fsp3) is 0.0870. The summed E-state index contributed by atoms with van der Waals surface area (Å²) in [4.78, 5) is 13.4. The number of hydrogen-bond acceptors (Lipinski definition) is 4. The fourth-order valence-electron chi connectivity index (χ4n) is 4.27. The summed E-state index contributed by atoms with van der Waals surface area (Å²) in [5.41, 5.74) is 4.10. The number of halogens is 2. The van der Waals surface area contributed by atoms with Gasteiger partial charge in [-0.1, -0.05) is 63.0 Å². The Kier molecular flexibility index (Phi) is 5.00. The number of benzene rings is 3. The van der Waals surface area contributed by atoms with Gasteiger partial charge in [0.15, 0.2) is 0 Å². The van der Waals surface area contributed by atoms with E-state index in [9.17, 15) is 10.0 Å². The average molecular weight is 496 g/mol.